The maximum absolute atomic E-state index is 12.4. The van der Waals surface area contributed by atoms with Gasteiger partial charge in [-0.05, 0) is 48.9 Å². The van der Waals surface area contributed by atoms with Crippen molar-refractivity contribution in [1.29, 1.82) is 0 Å². The van der Waals surface area contributed by atoms with Crippen molar-refractivity contribution in [2.75, 3.05) is 24.9 Å². The number of anilines is 2. The van der Waals surface area contributed by atoms with Crippen LogP contribution in [0.5, 0.6) is 11.5 Å². The lowest BCUT2D eigenvalue weighted by Crippen LogP contribution is -2.14. The molecule has 0 radical (unpaired) electrons. The molecule has 0 aliphatic carbocycles. The van der Waals surface area contributed by atoms with E-state index < -0.39 is 0 Å². The zero-order valence-corrected chi connectivity index (χ0v) is 14.6. The first-order chi connectivity index (χ1) is 12.1. The second kappa shape index (κ2) is 8.73. The number of carbonyl (C=O) groups is 2. The van der Waals surface area contributed by atoms with Gasteiger partial charge in [-0.2, -0.15) is 0 Å². The predicted molar refractivity (Wildman–Crippen MR) is 97.5 cm³/mol. The van der Waals surface area contributed by atoms with Crippen molar-refractivity contribution in [3.8, 4) is 11.5 Å². The maximum atomic E-state index is 12.4. The Morgan fingerprint density at radius 1 is 0.960 bits per heavy atom. The van der Waals surface area contributed by atoms with E-state index in [1.54, 1.807) is 49.6 Å². The van der Waals surface area contributed by atoms with Crippen LogP contribution in [0, 0.1) is 0 Å². The highest BCUT2D eigenvalue weighted by Crippen LogP contribution is 2.28. The van der Waals surface area contributed by atoms with Crippen molar-refractivity contribution in [2.45, 2.75) is 19.8 Å². The molecule has 0 fully saturated rings. The second-order valence-corrected chi connectivity index (χ2v) is 5.40. The van der Waals surface area contributed by atoms with E-state index in [-0.39, 0.29) is 11.8 Å². The number of carbonyl (C=O) groups excluding carboxylic acids is 2. The molecule has 0 heterocycles. The van der Waals surface area contributed by atoms with Crippen LogP contribution in [0.25, 0.3) is 0 Å². The Kier molecular flexibility index (Phi) is 6.39. The van der Waals surface area contributed by atoms with Gasteiger partial charge in [-0.3, -0.25) is 9.59 Å². The lowest BCUT2D eigenvalue weighted by molar-refractivity contribution is -0.116. The maximum Gasteiger partial charge on any atom is 0.255 e. The molecule has 2 rings (SSSR count). The highest BCUT2D eigenvalue weighted by Gasteiger charge is 2.12. The molecule has 25 heavy (non-hydrogen) atoms. The zero-order valence-electron chi connectivity index (χ0n) is 14.6. The number of rotatable bonds is 7. The van der Waals surface area contributed by atoms with Crippen LogP contribution in [0.15, 0.2) is 42.5 Å². The van der Waals surface area contributed by atoms with Crippen LogP contribution in [-0.4, -0.2) is 26.0 Å². The standard InChI is InChI=1S/C19H22N2O4/c1-4-5-18(22)20-14-8-11-17(25-3)16(12-14)21-19(23)13-6-9-15(24-2)10-7-13/h6-12H,4-5H2,1-3H3,(H,20,22)(H,21,23). The molecule has 6 heteroatoms. The lowest BCUT2D eigenvalue weighted by atomic mass is 10.2. The number of amides is 2. The van der Waals surface area contributed by atoms with E-state index in [9.17, 15) is 9.59 Å². The Bertz CT molecular complexity index is 742. The van der Waals surface area contributed by atoms with Crippen molar-refractivity contribution in [1.82, 2.24) is 0 Å². The molecule has 2 N–H and O–H groups in total. The number of hydrogen-bond donors (Lipinski definition) is 2. The van der Waals surface area contributed by atoms with Crippen LogP contribution >= 0.6 is 0 Å². The summed E-state index contributed by atoms with van der Waals surface area (Å²) in [4.78, 5) is 24.2. The molecule has 0 saturated heterocycles. The third-order valence-electron chi connectivity index (χ3n) is 3.56. The van der Waals surface area contributed by atoms with E-state index in [4.69, 9.17) is 9.47 Å². The van der Waals surface area contributed by atoms with Crippen LogP contribution in [0.4, 0.5) is 11.4 Å². The van der Waals surface area contributed by atoms with Crippen molar-refractivity contribution in [2.24, 2.45) is 0 Å². The monoisotopic (exact) mass is 342 g/mol. The average Bonchev–Trinajstić information content (AvgIpc) is 2.62. The summed E-state index contributed by atoms with van der Waals surface area (Å²) in [5.41, 5.74) is 1.57. The molecular formula is C19H22N2O4. The van der Waals surface area contributed by atoms with Gasteiger partial charge in [0.25, 0.3) is 5.91 Å². The first kappa shape index (κ1) is 18.3. The fourth-order valence-electron chi connectivity index (χ4n) is 2.27. The molecule has 0 saturated carbocycles. The number of hydrogen-bond acceptors (Lipinski definition) is 4. The largest absolute Gasteiger partial charge is 0.497 e. The lowest BCUT2D eigenvalue weighted by Gasteiger charge is -2.13. The van der Waals surface area contributed by atoms with Gasteiger partial charge in [0.15, 0.2) is 0 Å². The Labute approximate surface area is 147 Å². The van der Waals surface area contributed by atoms with Gasteiger partial charge in [-0.25, -0.2) is 0 Å². The van der Waals surface area contributed by atoms with Crippen LogP contribution in [0.1, 0.15) is 30.1 Å². The topological polar surface area (TPSA) is 76.7 Å². The predicted octanol–water partition coefficient (Wildman–Crippen LogP) is 3.69. The molecule has 2 amide bonds. The first-order valence-corrected chi connectivity index (χ1v) is 8.00. The SMILES string of the molecule is CCCC(=O)Nc1ccc(OC)c(NC(=O)c2ccc(OC)cc2)c1. The minimum atomic E-state index is -0.280. The number of benzene rings is 2. The summed E-state index contributed by atoms with van der Waals surface area (Å²) in [6.07, 6.45) is 1.21. The number of nitrogens with one attached hydrogen (secondary N) is 2. The molecule has 6 nitrogen and oxygen atoms in total. The van der Waals surface area contributed by atoms with Gasteiger partial charge in [0, 0.05) is 17.7 Å². The molecule has 2 aromatic rings. The molecular weight excluding hydrogens is 320 g/mol. The van der Waals surface area contributed by atoms with Gasteiger partial charge in [-0.15, -0.1) is 0 Å². The summed E-state index contributed by atoms with van der Waals surface area (Å²) in [5, 5.41) is 5.61. The molecule has 132 valence electrons. The van der Waals surface area contributed by atoms with Gasteiger partial charge >= 0.3 is 0 Å². The Morgan fingerprint density at radius 2 is 1.68 bits per heavy atom. The second-order valence-electron chi connectivity index (χ2n) is 5.40. The van der Waals surface area contributed by atoms with Gasteiger partial charge in [0.1, 0.15) is 11.5 Å². The van der Waals surface area contributed by atoms with Gasteiger partial charge in [0.2, 0.25) is 5.91 Å². The van der Waals surface area contributed by atoms with E-state index in [0.29, 0.717) is 34.9 Å². The molecule has 2 aromatic carbocycles. The molecule has 0 unspecified atom stereocenters. The van der Waals surface area contributed by atoms with Crippen molar-refractivity contribution < 1.29 is 19.1 Å². The number of ether oxygens (including phenoxy) is 2. The van der Waals surface area contributed by atoms with Crippen LogP contribution in [-0.2, 0) is 4.79 Å². The van der Waals surface area contributed by atoms with Crippen molar-refractivity contribution >= 4 is 23.2 Å². The smallest absolute Gasteiger partial charge is 0.255 e. The minimum Gasteiger partial charge on any atom is -0.497 e. The Hall–Kier alpha value is -3.02. The van der Waals surface area contributed by atoms with Gasteiger partial charge < -0.3 is 20.1 Å². The summed E-state index contributed by atoms with van der Waals surface area (Å²) in [6, 6.07) is 11.9. The molecule has 0 bridgehead atoms. The van der Waals surface area contributed by atoms with E-state index in [0.717, 1.165) is 6.42 Å². The molecule has 0 spiro atoms. The zero-order chi connectivity index (χ0) is 18.2. The van der Waals surface area contributed by atoms with Gasteiger partial charge in [0.05, 0.1) is 19.9 Å². The van der Waals surface area contributed by atoms with E-state index in [1.165, 1.54) is 7.11 Å². The van der Waals surface area contributed by atoms with E-state index >= 15 is 0 Å². The summed E-state index contributed by atoms with van der Waals surface area (Å²) in [5.74, 6) is 0.836. The highest BCUT2D eigenvalue weighted by atomic mass is 16.5. The third-order valence-corrected chi connectivity index (χ3v) is 3.56. The summed E-state index contributed by atoms with van der Waals surface area (Å²) in [6.45, 7) is 1.94. The highest BCUT2D eigenvalue weighted by molar-refractivity contribution is 6.05. The van der Waals surface area contributed by atoms with E-state index in [1.807, 2.05) is 6.92 Å². The fourth-order valence-corrected chi connectivity index (χ4v) is 2.27. The number of methoxy groups -OCH3 is 2. The summed E-state index contributed by atoms with van der Waals surface area (Å²) >= 11 is 0. The van der Waals surface area contributed by atoms with Crippen molar-refractivity contribution in [3.05, 3.63) is 48.0 Å². The Balaban J connectivity index is 2.17. The molecule has 0 aliphatic rings. The van der Waals surface area contributed by atoms with Crippen molar-refractivity contribution in [3.63, 3.8) is 0 Å². The van der Waals surface area contributed by atoms with Gasteiger partial charge in [-0.1, -0.05) is 6.92 Å². The van der Waals surface area contributed by atoms with E-state index in [2.05, 4.69) is 10.6 Å². The van der Waals surface area contributed by atoms with Crippen LogP contribution < -0.4 is 20.1 Å². The first-order valence-electron chi connectivity index (χ1n) is 8.00. The fraction of sp³-hybridized carbons (Fsp3) is 0.263. The Morgan fingerprint density at radius 3 is 2.28 bits per heavy atom. The molecule has 0 atom stereocenters. The average molecular weight is 342 g/mol. The molecule has 0 aliphatic heterocycles. The minimum absolute atomic E-state index is 0.0694. The normalized spacial score (nSPS) is 10.0. The summed E-state index contributed by atoms with van der Waals surface area (Å²) in [7, 11) is 3.09. The third kappa shape index (κ3) is 4.97. The van der Waals surface area contributed by atoms with Crippen LogP contribution in [0.3, 0.4) is 0 Å². The molecule has 0 aromatic heterocycles. The summed E-state index contributed by atoms with van der Waals surface area (Å²) < 4.78 is 10.4. The van der Waals surface area contributed by atoms with Crippen LogP contribution in [0.2, 0.25) is 0 Å². The quantitative estimate of drug-likeness (QED) is 0.804.